The van der Waals surface area contributed by atoms with Crippen molar-refractivity contribution in [3.05, 3.63) is 80.5 Å². The van der Waals surface area contributed by atoms with Crippen molar-refractivity contribution in [1.82, 2.24) is 9.13 Å². The van der Waals surface area contributed by atoms with Crippen molar-refractivity contribution < 1.29 is 9.90 Å². The molecule has 4 rings (SSSR count). The van der Waals surface area contributed by atoms with E-state index in [2.05, 4.69) is 6.07 Å². The normalized spacial score (nSPS) is 18.7. The van der Waals surface area contributed by atoms with Gasteiger partial charge in [0.2, 0.25) is 0 Å². The van der Waals surface area contributed by atoms with Gasteiger partial charge in [0.25, 0.3) is 5.56 Å². The number of fused-ring (bicyclic) bond motifs is 1. The van der Waals surface area contributed by atoms with Crippen LogP contribution in [0.2, 0.25) is 0 Å². The van der Waals surface area contributed by atoms with E-state index in [-0.39, 0.29) is 28.9 Å². The van der Waals surface area contributed by atoms with Gasteiger partial charge in [-0.25, -0.2) is 4.79 Å². The molecule has 0 amide bonds. The van der Waals surface area contributed by atoms with Crippen LogP contribution in [0, 0.1) is 18.8 Å². The molecule has 6 heteroatoms. The number of rotatable bonds is 7. The maximum absolute atomic E-state index is 13.4. The van der Waals surface area contributed by atoms with E-state index in [9.17, 15) is 14.4 Å². The molecule has 0 atom stereocenters. The number of hydrogen-bond acceptors (Lipinski definition) is 4. The van der Waals surface area contributed by atoms with Crippen LogP contribution in [0.4, 0.5) is 0 Å². The van der Waals surface area contributed by atoms with Crippen molar-refractivity contribution in [2.75, 3.05) is 6.61 Å². The van der Waals surface area contributed by atoms with Gasteiger partial charge >= 0.3 is 5.69 Å². The summed E-state index contributed by atoms with van der Waals surface area (Å²) in [5, 5.41) is 9.68. The van der Waals surface area contributed by atoms with Gasteiger partial charge in [0.1, 0.15) is 6.61 Å². The van der Waals surface area contributed by atoms with E-state index in [1.54, 1.807) is 10.6 Å². The third-order valence-corrected chi connectivity index (χ3v) is 6.74. The molecule has 3 aromatic rings. The topological polar surface area (TPSA) is 81.3 Å². The van der Waals surface area contributed by atoms with Crippen LogP contribution in [-0.2, 0) is 24.3 Å². The van der Waals surface area contributed by atoms with Crippen LogP contribution in [0.3, 0.4) is 0 Å². The second kappa shape index (κ2) is 9.65. The van der Waals surface area contributed by atoms with Crippen LogP contribution >= 0.6 is 0 Å². The molecule has 0 spiro atoms. The van der Waals surface area contributed by atoms with E-state index in [4.69, 9.17) is 5.11 Å². The largest absolute Gasteiger partial charge is 0.389 e. The third-order valence-electron chi connectivity index (χ3n) is 6.74. The van der Waals surface area contributed by atoms with Crippen LogP contribution in [-0.4, -0.2) is 26.6 Å². The highest BCUT2D eigenvalue weighted by Crippen LogP contribution is 2.30. The van der Waals surface area contributed by atoms with E-state index in [1.165, 1.54) is 4.57 Å². The minimum atomic E-state index is -0.397. The Morgan fingerprint density at radius 1 is 1.00 bits per heavy atom. The van der Waals surface area contributed by atoms with Crippen molar-refractivity contribution in [1.29, 1.82) is 0 Å². The second-order valence-corrected chi connectivity index (χ2v) is 8.95. The van der Waals surface area contributed by atoms with Crippen molar-refractivity contribution in [3.8, 4) is 0 Å². The molecular formula is C26H30N2O4. The lowest BCUT2D eigenvalue weighted by Crippen LogP contribution is -2.41. The number of hydrogen-bond donors (Lipinski definition) is 1. The SMILES string of the molecule is Cc1cccc(CCn2c(=O)c3ccccc3n(CC3CCC(C(=O)CO)CC3)c2=O)c1. The zero-order chi connectivity index (χ0) is 22.7. The average Bonchev–Trinajstić information content (AvgIpc) is 2.81. The Morgan fingerprint density at radius 3 is 2.47 bits per heavy atom. The zero-order valence-electron chi connectivity index (χ0n) is 18.5. The predicted molar refractivity (Wildman–Crippen MR) is 125 cm³/mol. The van der Waals surface area contributed by atoms with Crippen LogP contribution in [0.15, 0.2) is 58.1 Å². The van der Waals surface area contributed by atoms with E-state index < -0.39 is 6.61 Å². The van der Waals surface area contributed by atoms with Crippen LogP contribution in [0.25, 0.3) is 10.9 Å². The lowest BCUT2D eigenvalue weighted by molar-refractivity contribution is -0.126. The van der Waals surface area contributed by atoms with Gasteiger partial charge in [0, 0.05) is 19.0 Å². The maximum Gasteiger partial charge on any atom is 0.331 e. The molecule has 1 heterocycles. The molecule has 1 saturated carbocycles. The first-order valence-electron chi connectivity index (χ1n) is 11.4. The van der Waals surface area contributed by atoms with Crippen LogP contribution < -0.4 is 11.2 Å². The first-order valence-corrected chi connectivity index (χ1v) is 11.4. The predicted octanol–water partition coefficient (Wildman–Crippen LogP) is 3.08. The summed E-state index contributed by atoms with van der Waals surface area (Å²) < 4.78 is 3.11. The summed E-state index contributed by atoms with van der Waals surface area (Å²) in [6.07, 6.45) is 3.76. The number of benzene rings is 2. The number of nitrogens with zero attached hydrogens (tertiary/aromatic N) is 2. The highest BCUT2D eigenvalue weighted by atomic mass is 16.3. The maximum atomic E-state index is 13.4. The highest BCUT2D eigenvalue weighted by molar-refractivity contribution is 5.82. The first kappa shape index (κ1) is 22.2. The van der Waals surface area contributed by atoms with Gasteiger partial charge in [-0.3, -0.25) is 18.7 Å². The van der Waals surface area contributed by atoms with E-state index >= 15 is 0 Å². The van der Waals surface area contributed by atoms with Crippen molar-refractivity contribution >= 4 is 16.7 Å². The zero-order valence-corrected chi connectivity index (χ0v) is 18.5. The molecule has 1 fully saturated rings. The first-order chi connectivity index (χ1) is 15.5. The summed E-state index contributed by atoms with van der Waals surface area (Å²) in [5.74, 6) is 0.102. The smallest absolute Gasteiger partial charge is 0.331 e. The van der Waals surface area contributed by atoms with Gasteiger partial charge in [-0.1, -0.05) is 42.0 Å². The standard InChI is InChI=1S/C26H30N2O4/c1-18-5-4-6-19(15-18)13-14-27-25(31)22-7-2-3-8-23(22)28(26(27)32)16-20-9-11-21(12-10-20)24(30)17-29/h2-8,15,20-21,29H,9-14,16-17H2,1H3. The summed E-state index contributed by atoms with van der Waals surface area (Å²) in [5.41, 5.74) is 2.41. The van der Waals surface area contributed by atoms with E-state index in [1.807, 2.05) is 43.3 Å². The van der Waals surface area contributed by atoms with Gasteiger partial charge < -0.3 is 5.11 Å². The number of carbonyl (C=O) groups excluding carboxylic acids is 1. The number of aryl methyl sites for hydroxylation is 2. The molecule has 1 N–H and O–H groups in total. The summed E-state index contributed by atoms with van der Waals surface area (Å²) in [7, 11) is 0. The Morgan fingerprint density at radius 2 is 1.75 bits per heavy atom. The Hall–Kier alpha value is -2.99. The lowest BCUT2D eigenvalue weighted by atomic mass is 9.80. The number of aromatic nitrogens is 2. The summed E-state index contributed by atoms with van der Waals surface area (Å²) in [6.45, 7) is 2.50. The van der Waals surface area contributed by atoms with Crippen molar-refractivity contribution in [3.63, 3.8) is 0 Å². The van der Waals surface area contributed by atoms with Crippen LogP contribution in [0.5, 0.6) is 0 Å². The monoisotopic (exact) mass is 434 g/mol. The van der Waals surface area contributed by atoms with Gasteiger partial charge in [0.05, 0.1) is 10.9 Å². The van der Waals surface area contributed by atoms with Gasteiger partial charge in [0.15, 0.2) is 5.78 Å². The minimum Gasteiger partial charge on any atom is -0.389 e. The fourth-order valence-corrected chi connectivity index (χ4v) is 4.91. The number of aliphatic hydroxyl groups excluding tert-OH is 1. The van der Waals surface area contributed by atoms with Crippen molar-refractivity contribution in [2.24, 2.45) is 11.8 Å². The van der Waals surface area contributed by atoms with Gasteiger partial charge in [-0.05, 0) is 62.6 Å². The molecule has 2 aromatic carbocycles. The fraction of sp³-hybridized carbons (Fsp3) is 0.423. The lowest BCUT2D eigenvalue weighted by Gasteiger charge is -2.28. The van der Waals surface area contributed by atoms with Gasteiger partial charge in [-0.2, -0.15) is 0 Å². The average molecular weight is 435 g/mol. The van der Waals surface area contributed by atoms with E-state index in [0.717, 1.165) is 36.8 Å². The Balaban J connectivity index is 1.63. The molecule has 0 aliphatic heterocycles. The second-order valence-electron chi connectivity index (χ2n) is 8.95. The minimum absolute atomic E-state index is 0.0759. The van der Waals surface area contributed by atoms with E-state index in [0.29, 0.717) is 30.4 Å². The molecular weight excluding hydrogens is 404 g/mol. The molecule has 168 valence electrons. The number of carbonyl (C=O) groups is 1. The molecule has 0 unspecified atom stereocenters. The molecule has 1 aliphatic rings. The molecule has 0 saturated heterocycles. The molecule has 32 heavy (non-hydrogen) atoms. The fourth-order valence-electron chi connectivity index (χ4n) is 4.91. The number of ketones is 1. The number of para-hydroxylation sites is 1. The molecule has 0 bridgehead atoms. The summed E-state index contributed by atoms with van der Waals surface area (Å²) >= 11 is 0. The Bertz CT molecular complexity index is 1230. The Labute approximate surface area is 187 Å². The molecule has 1 aromatic heterocycles. The quantitative estimate of drug-likeness (QED) is 0.620. The highest BCUT2D eigenvalue weighted by Gasteiger charge is 2.26. The van der Waals surface area contributed by atoms with Crippen LogP contribution in [0.1, 0.15) is 36.8 Å². The molecule has 0 radical (unpaired) electrons. The van der Waals surface area contributed by atoms with Gasteiger partial charge in [-0.15, -0.1) is 0 Å². The summed E-state index contributed by atoms with van der Waals surface area (Å²) in [6, 6.07) is 15.4. The third kappa shape index (κ3) is 4.60. The van der Waals surface area contributed by atoms with Crippen molar-refractivity contribution in [2.45, 2.75) is 52.1 Å². The summed E-state index contributed by atoms with van der Waals surface area (Å²) in [4.78, 5) is 38.4. The number of Topliss-reactive ketones (excluding diaryl/α,β-unsaturated/α-hetero) is 1. The molecule has 1 aliphatic carbocycles. The number of aliphatic hydroxyl groups is 1. The molecule has 6 nitrogen and oxygen atoms in total. The Kier molecular flexibility index (Phi) is 6.70.